The highest BCUT2D eigenvalue weighted by Crippen LogP contribution is 2.29. The summed E-state index contributed by atoms with van der Waals surface area (Å²) in [5.41, 5.74) is 2.26. The van der Waals surface area contributed by atoms with Crippen molar-refractivity contribution in [2.45, 2.75) is 6.42 Å². The molecule has 5 rings (SSSR count). The molecule has 0 aliphatic carbocycles. The molecular weight excluding hydrogens is 422 g/mol. The van der Waals surface area contributed by atoms with Gasteiger partial charge in [-0.3, -0.25) is 14.8 Å². The molecule has 5 heterocycles. The van der Waals surface area contributed by atoms with Gasteiger partial charge in [0.05, 0.1) is 25.3 Å². The predicted molar refractivity (Wildman–Crippen MR) is 122 cm³/mol. The molecule has 10 heteroatoms. The van der Waals surface area contributed by atoms with Crippen LogP contribution in [0.15, 0.2) is 53.5 Å². The summed E-state index contributed by atoms with van der Waals surface area (Å²) in [5.74, 6) is 1.99. The van der Waals surface area contributed by atoms with Crippen LogP contribution in [-0.2, 0) is 11.2 Å². The Morgan fingerprint density at radius 1 is 1.18 bits per heavy atom. The molecule has 0 spiro atoms. The Hall–Kier alpha value is -3.79. The highest BCUT2D eigenvalue weighted by atomic mass is 16.5. The highest BCUT2D eigenvalue weighted by molar-refractivity contribution is 6.09. The van der Waals surface area contributed by atoms with Crippen LogP contribution < -0.4 is 10.6 Å². The van der Waals surface area contributed by atoms with E-state index in [0.29, 0.717) is 69.6 Å². The van der Waals surface area contributed by atoms with E-state index in [9.17, 15) is 9.59 Å². The van der Waals surface area contributed by atoms with Gasteiger partial charge in [-0.25, -0.2) is 9.78 Å². The fraction of sp³-hybridized carbons (Fsp3) is 0.348. The molecule has 0 atom stereocenters. The van der Waals surface area contributed by atoms with Crippen LogP contribution in [0.2, 0.25) is 0 Å². The van der Waals surface area contributed by atoms with E-state index in [2.05, 4.69) is 20.6 Å². The Morgan fingerprint density at radius 3 is 2.88 bits per heavy atom. The highest BCUT2D eigenvalue weighted by Gasteiger charge is 2.31. The Kier molecular flexibility index (Phi) is 5.99. The minimum absolute atomic E-state index is 0.0792. The minimum atomic E-state index is -0.137. The van der Waals surface area contributed by atoms with Crippen molar-refractivity contribution < 1.29 is 14.3 Å². The Morgan fingerprint density at radius 2 is 2.06 bits per heavy atom. The van der Waals surface area contributed by atoms with Crippen LogP contribution in [0.25, 0.3) is 0 Å². The molecule has 0 aromatic carbocycles. The van der Waals surface area contributed by atoms with E-state index in [0.717, 1.165) is 17.1 Å². The van der Waals surface area contributed by atoms with Crippen LogP contribution in [0, 0.1) is 0 Å². The zero-order valence-electron chi connectivity index (χ0n) is 18.2. The van der Waals surface area contributed by atoms with Crippen LogP contribution >= 0.6 is 0 Å². The van der Waals surface area contributed by atoms with Crippen molar-refractivity contribution in [1.29, 1.82) is 0 Å². The summed E-state index contributed by atoms with van der Waals surface area (Å²) in [5, 5.41) is 6.25. The number of aromatic nitrogens is 2. The second-order valence-corrected chi connectivity index (χ2v) is 7.90. The topological polar surface area (TPSA) is 112 Å². The third-order valence-electron chi connectivity index (χ3n) is 5.74. The molecule has 1 fully saturated rings. The molecule has 3 aliphatic rings. The van der Waals surface area contributed by atoms with Crippen molar-refractivity contribution in [1.82, 2.24) is 25.1 Å². The quantitative estimate of drug-likeness (QED) is 0.524. The first-order valence-corrected chi connectivity index (χ1v) is 11.0. The van der Waals surface area contributed by atoms with E-state index in [-0.39, 0.29) is 11.8 Å². The summed E-state index contributed by atoms with van der Waals surface area (Å²) in [4.78, 5) is 42.1. The number of aliphatic imine (C=N–C) groups is 1. The Bertz CT molecular complexity index is 1110. The minimum Gasteiger partial charge on any atom is -0.378 e. The number of morpholine rings is 1. The first kappa shape index (κ1) is 21.1. The number of nitrogens with zero attached hydrogens (tertiary/aromatic N) is 5. The third-order valence-corrected chi connectivity index (χ3v) is 5.74. The third kappa shape index (κ3) is 4.56. The van der Waals surface area contributed by atoms with E-state index in [1.54, 1.807) is 35.5 Å². The number of fused-ring (bicyclic) bond motifs is 3. The molecule has 2 aromatic rings. The van der Waals surface area contributed by atoms with Gasteiger partial charge < -0.3 is 25.2 Å². The zero-order valence-corrected chi connectivity index (χ0v) is 18.2. The lowest BCUT2D eigenvalue weighted by Crippen LogP contribution is -2.46. The van der Waals surface area contributed by atoms with Crippen molar-refractivity contribution in [2.24, 2.45) is 4.99 Å². The van der Waals surface area contributed by atoms with Gasteiger partial charge in [0, 0.05) is 62.3 Å². The SMILES string of the molecule is O=C(C=C1Nc2nc(CCNC(=O)N3CCOCC3)ccc2C2=NCCN12)c1cccnc1. The molecule has 170 valence electrons. The molecule has 2 amide bonds. The number of hydrogen-bond acceptors (Lipinski definition) is 8. The van der Waals surface area contributed by atoms with Crippen LogP contribution in [0.4, 0.5) is 10.6 Å². The smallest absolute Gasteiger partial charge is 0.317 e. The number of amidine groups is 1. The average molecular weight is 447 g/mol. The first-order chi connectivity index (χ1) is 16.2. The fourth-order valence-electron chi connectivity index (χ4n) is 4.02. The van der Waals surface area contributed by atoms with Gasteiger partial charge >= 0.3 is 6.03 Å². The van der Waals surface area contributed by atoms with E-state index in [1.165, 1.54) is 0 Å². The van der Waals surface area contributed by atoms with Gasteiger partial charge in [0.25, 0.3) is 0 Å². The number of amides is 2. The van der Waals surface area contributed by atoms with Crippen molar-refractivity contribution in [3.8, 4) is 0 Å². The predicted octanol–water partition coefficient (Wildman–Crippen LogP) is 1.27. The van der Waals surface area contributed by atoms with Crippen molar-refractivity contribution in [2.75, 3.05) is 51.3 Å². The van der Waals surface area contributed by atoms with Crippen LogP contribution in [0.1, 0.15) is 21.6 Å². The lowest BCUT2D eigenvalue weighted by Gasteiger charge is -2.30. The molecule has 2 aromatic heterocycles. The summed E-state index contributed by atoms with van der Waals surface area (Å²) in [7, 11) is 0. The molecule has 3 aliphatic heterocycles. The number of rotatable bonds is 5. The van der Waals surface area contributed by atoms with Gasteiger partial charge in [0.15, 0.2) is 5.78 Å². The molecule has 0 radical (unpaired) electrons. The fourth-order valence-corrected chi connectivity index (χ4v) is 4.02. The standard InChI is InChI=1S/C23H25N7O3/c31-19(16-2-1-6-24-15-16)14-20-28-21-18(22-25-8-9-30(20)22)4-3-17(27-21)5-7-26-23(32)29-10-12-33-13-11-29/h1-4,6,14-15H,5,7-13H2,(H,26,32)(H,27,28). The van der Waals surface area contributed by atoms with E-state index in [4.69, 9.17) is 9.72 Å². The van der Waals surface area contributed by atoms with Gasteiger partial charge in [-0.2, -0.15) is 0 Å². The number of carbonyl (C=O) groups excluding carboxylic acids is 2. The zero-order chi connectivity index (χ0) is 22.6. The summed E-state index contributed by atoms with van der Waals surface area (Å²) in [6, 6.07) is 7.35. The summed E-state index contributed by atoms with van der Waals surface area (Å²) in [6.45, 7) is 4.21. The van der Waals surface area contributed by atoms with Crippen LogP contribution in [-0.4, -0.2) is 83.4 Å². The monoisotopic (exact) mass is 447 g/mol. The number of pyridine rings is 2. The van der Waals surface area contributed by atoms with Crippen LogP contribution in [0.5, 0.6) is 0 Å². The lowest BCUT2D eigenvalue weighted by atomic mass is 10.1. The molecule has 0 saturated carbocycles. The van der Waals surface area contributed by atoms with E-state index < -0.39 is 0 Å². The molecule has 1 saturated heterocycles. The van der Waals surface area contributed by atoms with Gasteiger partial charge in [-0.05, 0) is 24.3 Å². The van der Waals surface area contributed by atoms with Gasteiger partial charge in [-0.15, -0.1) is 0 Å². The number of hydrogen-bond donors (Lipinski definition) is 2. The van der Waals surface area contributed by atoms with Gasteiger partial charge in [-0.1, -0.05) is 0 Å². The summed E-state index contributed by atoms with van der Waals surface area (Å²) in [6.07, 6.45) is 5.35. The second-order valence-electron chi connectivity index (χ2n) is 7.90. The Labute approximate surface area is 191 Å². The molecule has 10 nitrogen and oxygen atoms in total. The molecule has 2 N–H and O–H groups in total. The number of ether oxygens (including phenoxy) is 1. The van der Waals surface area contributed by atoms with Crippen molar-refractivity contribution >= 4 is 23.5 Å². The maximum atomic E-state index is 12.7. The maximum absolute atomic E-state index is 12.7. The first-order valence-electron chi connectivity index (χ1n) is 11.0. The molecular formula is C23H25N7O3. The van der Waals surface area contributed by atoms with Crippen LogP contribution in [0.3, 0.4) is 0 Å². The lowest BCUT2D eigenvalue weighted by molar-refractivity contribution is 0.0533. The molecule has 33 heavy (non-hydrogen) atoms. The second kappa shape index (κ2) is 9.37. The number of allylic oxidation sites excluding steroid dienone is 1. The van der Waals surface area contributed by atoms with Gasteiger partial charge in [0.2, 0.25) is 0 Å². The van der Waals surface area contributed by atoms with E-state index >= 15 is 0 Å². The average Bonchev–Trinajstić information content (AvgIpc) is 3.35. The van der Waals surface area contributed by atoms with E-state index in [1.807, 2.05) is 17.0 Å². The normalized spacial score (nSPS) is 18.3. The number of carbonyl (C=O) groups is 2. The van der Waals surface area contributed by atoms with Crippen molar-refractivity contribution in [3.63, 3.8) is 0 Å². The number of urea groups is 1. The Balaban J connectivity index is 1.29. The van der Waals surface area contributed by atoms with Gasteiger partial charge in [0.1, 0.15) is 17.5 Å². The largest absolute Gasteiger partial charge is 0.378 e. The van der Waals surface area contributed by atoms with Crippen molar-refractivity contribution in [3.05, 3.63) is 65.4 Å². The maximum Gasteiger partial charge on any atom is 0.317 e. The number of ketones is 1. The molecule has 0 bridgehead atoms. The number of anilines is 1. The molecule has 0 unspecified atom stereocenters. The summed E-state index contributed by atoms with van der Waals surface area (Å²) < 4.78 is 5.28. The number of nitrogens with one attached hydrogen (secondary N) is 2. The summed E-state index contributed by atoms with van der Waals surface area (Å²) >= 11 is 0.